The molecule has 1 nitrogen and oxygen atoms in total. The average molecular weight is 273 g/mol. The van der Waals surface area contributed by atoms with E-state index < -0.39 is 0 Å². The van der Waals surface area contributed by atoms with Crippen LogP contribution in [0.1, 0.15) is 30.0 Å². The fourth-order valence-electron chi connectivity index (χ4n) is 2.36. The van der Waals surface area contributed by atoms with Gasteiger partial charge >= 0.3 is 0 Å². The summed E-state index contributed by atoms with van der Waals surface area (Å²) in [4.78, 5) is 0. The lowest BCUT2D eigenvalue weighted by Gasteiger charge is -2.19. The highest BCUT2D eigenvalue weighted by Gasteiger charge is 2.11. The summed E-state index contributed by atoms with van der Waals surface area (Å²) in [5.41, 5.74) is 4.31. The minimum absolute atomic E-state index is 0.538. The lowest BCUT2D eigenvalue weighted by Crippen LogP contribution is -2.33. The van der Waals surface area contributed by atoms with Gasteiger partial charge in [0.25, 0.3) is 0 Å². The first kappa shape index (κ1) is 14.3. The zero-order valence-electron chi connectivity index (χ0n) is 11.9. The molecule has 0 saturated heterocycles. The molecule has 2 heteroatoms. The Labute approximate surface area is 120 Å². The molecule has 0 bridgehead atoms. The molecule has 1 aromatic carbocycles. The molecule has 0 fully saturated rings. The molecule has 1 N–H and O–H groups in total. The minimum Gasteiger partial charge on any atom is -0.313 e. The molecule has 2 aromatic rings. The van der Waals surface area contributed by atoms with Gasteiger partial charge in [-0.05, 0) is 66.2 Å². The van der Waals surface area contributed by atoms with Gasteiger partial charge in [-0.1, -0.05) is 31.2 Å². The number of benzene rings is 1. The van der Waals surface area contributed by atoms with Gasteiger partial charge in [0, 0.05) is 6.04 Å². The summed E-state index contributed by atoms with van der Waals surface area (Å²) in [6.45, 7) is 5.53. The Balaban J connectivity index is 2.03. The van der Waals surface area contributed by atoms with Crippen LogP contribution in [0.5, 0.6) is 0 Å². The second-order valence-corrected chi connectivity index (χ2v) is 5.90. The number of aryl methyl sites for hydroxylation is 1. The predicted molar refractivity (Wildman–Crippen MR) is 85.0 cm³/mol. The Morgan fingerprint density at radius 2 is 2.00 bits per heavy atom. The summed E-state index contributed by atoms with van der Waals surface area (Å²) in [5.74, 6) is 0. The van der Waals surface area contributed by atoms with Gasteiger partial charge in [-0.2, -0.15) is 11.3 Å². The zero-order valence-corrected chi connectivity index (χ0v) is 12.7. The lowest BCUT2D eigenvalue weighted by atomic mass is 9.97. The minimum atomic E-state index is 0.538. The number of hydrogen-bond acceptors (Lipinski definition) is 2. The van der Waals surface area contributed by atoms with Crippen molar-refractivity contribution in [2.75, 3.05) is 6.54 Å². The van der Waals surface area contributed by atoms with Crippen LogP contribution in [0, 0.1) is 6.92 Å². The van der Waals surface area contributed by atoms with Crippen molar-refractivity contribution >= 4 is 11.3 Å². The van der Waals surface area contributed by atoms with Crippen LogP contribution < -0.4 is 5.32 Å². The quantitative estimate of drug-likeness (QED) is 0.797. The molecule has 0 amide bonds. The van der Waals surface area contributed by atoms with Crippen LogP contribution in [-0.2, 0) is 12.8 Å². The van der Waals surface area contributed by atoms with Crippen molar-refractivity contribution in [1.29, 1.82) is 0 Å². The third-order valence-corrected chi connectivity index (χ3v) is 4.20. The highest BCUT2D eigenvalue weighted by Crippen LogP contribution is 2.14. The van der Waals surface area contributed by atoms with Crippen LogP contribution >= 0.6 is 11.3 Å². The predicted octanol–water partition coefficient (Wildman–Crippen LogP) is 4.21. The molecule has 102 valence electrons. The summed E-state index contributed by atoms with van der Waals surface area (Å²) in [5, 5.41) is 8.12. The maximum atomic E-state index is 3.69. The van der Waals surface area contributed by atoms with Crippen LogP contribution in [0.4, 0.5) is 0 Å². The summed E-state index contributed by atoms with van der Waals surface area (Å²) < 4.78 is 0. The van der Waals surface area contributed by atoms with Gasteiger partial charge in [-0.25, -0.2) is 0 Å². The Bertz CT molecular complexity index is 476. The van der Waals surface area contributed by atoms with Crippen molar-refractivity contribution in [3.63, 3.8) is 0 Å². The van der Waals surface area contributed by atoms with Gasteiger partial charge in [-0.15, -0.1) is 0 Å². The Hall–Kier alpha value is -1.12. The SMILES string of the molecule is CCCNC(Cc1ccsc1)Cc1ccccc1C. The van der Waals surface area contributed by atoms with Crippen LogP contribution in [-0.4, -0.2) is 12.6 Å². The van der Waals surface area contributed by atoms with Gasteiger partial charge in [0.2, 0.25) is 0 Å². The Kier molecular flexibility index (Phi) is 5.62. The smallest absolute Gasteiger partial charge is 0.0148 e. The molecule has 0 aliphatic rings. The van der Waals surface area contributed by atoms with E-state index in [2.05, 4.69) is 60.3 Å². The normalized spacial score (nSPS) is 12.5. The van der Waals surface area contributed by atoms with Crippen molar-refractivity contribution in [3.05, 3.63) is 57.8 Å². The fraction of sp³-hybridized carbons (Fsp3) is 0.412. The summed E-state index contributed by atoms with van der Waals surface area (Å²) >= 11 is 1.79. The third-order valence-electron chi connectivity index (χ3n) is 3.47. The highest BCUT2D eigenvalue weighted by molar-refractivity contribution is 7.07. The van der Waals surface area contributed by atoms with Gasteiger partial charge < -0.3 is 5.32 Å². The molecule has 0 aliphatic heterocycles. The molecule has 1 atom stereocenters. The van der Waals surface area contributed by atoms with E-state index in [-0.39, 0.29) is 0 Å². The van der Waals surface area contributed by atoms with E-state index in [1.807, 2.05) is 0 Å². The standard InChI is InChI=1S/C17H23NS/c1-3-9-18-17(11-15-8-10-19-13-15)12-16-7-5-4-6-14(16)2/h4-8,10,13,17-18H,3,9,11-12H2,1-2H3. The number of nitrogens with one attached hydrogen (secondary N) is 1. The van der Waals surface area contributed by atoms with Gasteiger partial charge in [-0.3, -0.25) is 0 Å². The molecule has 0 radical (unpaired) electrons. The van der Waals surface area contributed by atoms with Crippen molar-refractivity contribution in [2.24, 2.45) is 0 Å². The van der Waals surface area contributed by atoms with E-state index in [0.717, 1.165) is 19.4 Å². The molecule has 0 spiro atoms. The molecule has 2 rings (SSSR count). The van der Waals surface area contributed by atoms with E-state index in [9.17, 15) is 0 Å². The summed E-state index contributed by atoms with van der Waals surface area (Å²) in [6.07, 6.45) is 3.42. The van der Waals surface area contributed by atoms with Crippen molar-refractivity contribution < 1.29 is 0 Å². The molecule has 19 heavy (non-hydrogen) atoms. The first-order chi connectivity index (χ1) is 9.29. The number of hydrogen-bond donors (Lipinski definition) is 1. The average Bonchev–Trinajstić information content (AvgIpc) is 2.91. The lowest BCUT2D eigenvalue weighted by molar-refractivity contribution is 0.504. The molecule has 1 unspecified atom stereocenters. The highest BCUT2D eigenvalue weighted by atomic mass is 32.1. The fourth-order valence-corrected chi connectivity index (χ4v) is 3.04. The number of rotatable bonds is 7. The van der Waals surface area contributed by atoms with Crippen molar-refractivity contribution in [3.8, 4) is 0 Å². The first-order valence-corrected chi connectivity index (χ1v) is 8.03. The van der Waals surface area contributed by atoms with Crippen LogP contribution in [0.25, 0.3) is 0 Å². The van der Waals surface area contributed by atoms with Gasteiger partial charge in [0.15, 0.2) is 0 Å². The van der Waals surface area contributed by atoms with E-state index >= 15 is 0 Å². The molecule has 0 saturated carbocycles. The van der Waals surface area contributed by atoms with E-state index in [4.69, 9.17) is 0 Å². The second-order valence-electron chi connectivity index (χ2n) is 5.12. The van der Waals surface area contributed by atoms with Crippen LogP contribution in [0.3, 0.4) is 0 Å². The Morgan fingerprint density at radius 3 is 2.68 bits per heavy atom. The van der Waals surface area contributed by atoms with Gasteiger partial charge in [0.1, 0.15) is 0 Å². The van der Waals surface area contributed by atoms with Crippen molar-refractivity contribution in [2.45, 2.75) is 39.2 Å². The molecule has 0 aliphatic carbocycles. The van der Waals surface area contributed by atoms with E-state index in [0.29, 0.717) is 6.04 Å². The Morgan fingerprint density at radius 1 is 1.16 bits per heavy atom. The van der Waals surface area contributed by atoms with Gasteiger partial charge in [0.05, 0.1) is 0 Å². The van der Waals surface area contributed by atoms with Crippen LogP contribution in [0.15, 0.2) is 41.1 Å². The number of thiophene rings is 1. The maximum absolute atomic E-state index is 3.69. The monoisotopic (exact) mass is 273 g/mol. The largest absolute Gasteiger partial charge is 0.313 e. The molecular formula is C17H23NS. The third kappa shape index (κ3) is 4.48. The summed E-state index contributed by atoms with van der Waals surface area (Å²) in [7, 11) is 0. The molecular weight excluding hydrogens is 250 g/mol. The summed E-state index contributed by atoms with van der Waals surface area (Å²) in [6, 6.07) is 11.5. The van der Waals surface area contributed by atoms with E-state index in [1.165, 1.54) is 23.1 Å². The molecule has 1 heterocycles. The van der Waals surface area contributed by atoms with Crippen LogP contribution in [0.2, 0.25) is 0 Å². The zero-order chi connectivity index (χ0) is 13.5. The second kappa shape index (κ2) is 7.46. The topological polar surface area (TPSA) is 12.0 Å². The molecule has 1 aromatic heterocycles. The first-order valence-electron chi connectivity index (χ1n) is 7.08. The van der Waals surface area contributed by atoms with Crippen molar-refractivity contribution in [1.82, 2.24) is 5.32 Å². The van der Waals surface area contributed by atoms with E-state index in [1.54, 1.807) is 11.3 Å². The maximum Gasteiger partial charge on any atom is 0.0148 e.